The minimum absolute atomic E-state index is 0.570. The van der Waals surface area contributed by atoms with Gasteiger partial charge in [0.05, 0.1) is 5.56 Å². The summed E-state index contributed by atoms with van der Waals surface area (Å²) in [5.41, 5.74) is 0.421. The minimum atomic E-state index is -4.23. The third-order valence-corrected chi connectivity index (χ3v) is 3.20. The first-order valence-corrected chi connectivity index (χ1v) is 5.85. The van der Waals surface area contributed by atoms with Crippen molar-refractivity contribution in [1.29, 1.82) is 0 Å². The van der Waals surface area contributed by atoms with E-state index in [4.69, 9.17) is 0 Å². The van der Waals surface area contributed by atoms with Crippen molar-refractivity contribution in [1.82, 2.24) is 5.32 Å². The average Bonchev–Trinajstić information content (AvgIpc) is 2.30. The molecule has 93 valence electrons. The Bertz CT molecular complexity index is 350. The summed E-state index contributed by atoms with van der Waals surface area (Å²) in [5.74, 6) is 0.573. The SMILES string of the molecule is FC(F)(F)c1ccc(CC2CC[N]CC2)cc1. The molecule has 0 N–H and O–H groups in total. The molecular weight excluding hydrogens is 227 g/mol. The van der Waals surface area contributed by atoms with E-state index in [0.29, 0.717) is 5.92 Å². The quantitative estimate of drug-likeness (QED) is 0.755. The number of nitrogens with zero attached hydrogens (tertiary/aromatic N) is 1. The van der Waals surface area contributed by atoms with Gasteiger partial charge in [-0.15, -0.1) is 0 Å². The zero-order valence-electron chi connectivity index (χ0n) is 9.50. The van der Waals surface area contributed by atoms with Gasteiger partial charge < -0.3 is 0 Å². The fourth-order valence-corrected chi connectivity index (χ4v) is 2.17. The van der Waals surface area contributed by atoms with Crippen molar-refractivity contribution in [3.63, 3.8) is 0 Å². The largest absolute Gasteiger partial charge is 0.416 e. The monoisotopic (exact) mass is 242 g/mol. The van der Waals surface area contributed by atoms with Gasteiger partial charge in [0.1, 0.15) is 0 Å². The molecule has 4 heteroatoms. The molecule has 0 unspecified atom stereocenters. The first-order chi connectivity index (χ1) is 8.05. The van der Waals surface area contributed by atoms with E-state index in [2.05, 4.69) is 5.32 Å². The van der Waals surface area contributed by atoms with Crippen LogP contribution in [0.2, 0.25) is 0 Å². The van der Waals surface area contributed by atoms with Crippen LogP contribution in [0.15, 0.2) is 24.3 Å². The van der Waals surface area contributed by atoms with E-state index < -0.39 is 11.7 Å². The molecule has 0 aliphatic carbocycles. The lowest BCUT2D eigenvalue weighted by atomic mass is 9.91. The van der Waals surface area contributed by atoms with Gasteiger partial charge in [-0.2, -0.15) is 13.2 Å². The summed E-state index contributed by atoms with van der Waals surface area (Å²) in [6.45, 7) is 1.79. The van der Waals surface area contributed by atoms with Crippen molar-refractivity contribution in [2.45, 2.75) is 25.4 Å². The van der Waals surface area contributed by atoms with Crippen LogP contribution in [0, 0.1) is 5.92 Å². The molecule has 0 spiro atoms. The fourth-order valence-electron chi connectivity index (χ4n) is 2.17. The Morgan fingerprint density at radius 3 is 2.18 bits per heavy atom. The molecule has 1 heterocycles. The Balaban J connectivity index is 1.98. The number of benzene rings is 1. The molecular formula is C13H15F3N. The second kappa shape index (κ2) is 5.08. The molecule has 1 radical (unpaired) electrons. The van der Waals surface area contributed by atoms with Gasteiger partial charge in [-0.3, -0.25) is 0 Å². The van der Waals surface area contributed by atoms with Gasteiger partial charge in [-0.1, -0.05) is 12.1 Å². The van der Waals surface area contributed by atoms with Gasteiger partial charge in [0.2, 0.25) is 0 Å². The third kappa shape index (κ3) is 3.46. The number of hydrogen-bond donors (Lipinski definition) is 0. The Hall–Kier alpha value is -1.03. The summed E-state index contributed by atoms with van der Waals surface area (Å²) in [5, 5.41) is 4.27. The number of piperidine rings is 1. The van der Waals surface area contributed by atoms with Gasteiger partial charge in [0.25, 0.3) is 0 Å². The molecule has 1 nitrogen and oxygen atoms in total. The van der Waals surface area contributed by atoms with Gasteiger partial charge in [0.15, 0.2) is 0 Å². The highest BCUT2D eigenvalue weighted by Gasteiger charge is 2.30. The molecule has 0 aromatic heterocycles. The van der Waals surface area contributed by atoms with Crippen LogP contribution in [0.1, 0.15) is 24.0 Å². The van der Waals surface area contributed by atoms with Crippen LogP contribution in [0.3, 0.4) is 0 Å². The van der Waals surface area contributed by atoms with Crippen molar-refractivity contribution in [2.24, 2.45) is 5.92 Å². The van der Waals surface area contributed by atoms with Crippen LogP contribution in [0.25, 0.3) is 0 Å². The molecule has 1 aliphatic rings. The summed E-state index contributed by atoms with van der Waals surface area (Å²) in [7, 11) is 0. The number of alkyl halides is 3. The maximum atomic E-state index is 12.4. The molecule has 0 saturated carbocycles. The Morgan fingerprint density at radius 2 is 1.65 bits per heavy atom. The molecule has 1 aromatic rings. The van der Waals surface area contributed by atoms with Crippen LogP contribution in [0.5, 0.6) is 0 Å². The van der Waals surface area contributed by atoms with Crippen molar-refractivity contribution in [2.75, 3.05) is 13.1 Å². The number of rotatable bonds is 2. The Kier molecular flexibility index (Phi) is 3.72. The van der Waals surface area contributed by atoms with Crippen molar-refractivity contribution < 1.29 is 13.2 Å². The first kappa shape index (κ1) is 12.4. The number of halogens is 3. The third-order valence-electron chi connectivity index (χ3n) is 3.20. The number of hydrogen-bond acceptors (Lipinski definition) is 0. The first-order valence-electron chi connectivity index (χ1n) is 5.85. The molecule has 1 saturated heterocycles. The van der Waals surface area contributed by atoms with Crippen LogP contribution < -0.4 is 5.32 Å². The minimum Gasteiger partial charge on any atom is -0.242 e. The maximum absolute atomic E-state index is 12.4. The average molecular weight is 242 g/mol. The summed E-state index contributed by atoms with van der Waals surface area (Å²) in [6.07, 6.45) is -1.25. The maximum Gasteiger partial charge on any atom is 0.416 e. The lowest BCUT2D eigenvalue weighted by Crippen LogP contribution is -2.23. The summed E-state index contributed by atoms with van der Waals surface area (Å²) in [6, 6.07) is 5.52. The van der Waals surface area contributed by atoms with Gasteiger partial charge in [0, 0.05) is 13.1 Å². The van der Waals surface area contributed by atoms with E-state index in [9.17, 15) is 13.2 Å². The molecule has 1 aromatic carbocycles. The van der Waals surface area contributed by atoms with Crippen molar-refractivity contribution in [3.8, 4) is 0 Å². The smallest absolute Gasteiger partial charge is 0.242 e. The predicted molar refractivity (Wildman–Crippen MR) is 59.7 cm³/mol. The second-order valence-electron chi connectivity index (χ2n) is 4.51. The van der Waals surface area contributed by atoms with E-state index in [0.717, 1.165) is 37.9 Å². The van der Waals surface area contributed by atoms with Crippen molar-refractivity contribution in [3.05, 3.63) is 35.4 Å². The predicted octanol–water partition coefficient (Wildman–Crippen LogP) is 3.26. The van der Waals surface area contributed by atoms with E-state index >= 15 is 0 Å². The highest BCUT2D eigenvalue weighted by atomic mass is 19.4. The molecule has 2 rings (SSSR count). The molecule has 0 atom stereocenters. The van der Waals surface area contributed by atoms with E-state index in [1.165, 1.54) is 12.1 Å². The Morgan fingerprint density at radius 1 is 1.06 bits per heavy atom. The standard InChI is InChI=1S/C13H15F3N/c14-13(15,16)12-3-1-10(2-4-12)9-11-5-7-17-8-6-11/h1-4,11H,5-9H2. The highest BCUT2D eigenvalue weighted by Crippen LogP contribution is 2.29. The summed E-state index contributed by atoms with van der Waals surface area (Å²) in [4.78, 5) is 0. The molecule has 0 amide bonds. The van der Waals surface area contributed by atoms with E-state index in [-0.39, 0.29) is 0 Å². The molecule has 1 aliphatic heterocycles. The van der Waals surface area contributed by atoms with Crippen LogP contribution in [-0.4, -0.2) is 13.1 Å². The van der Waals surface area contributed by atoms with E-state index in [1.807, 2.05) is 0 Å². The molecule has 1 fully saturated rings. The summed E-state index contributed by atoms with van der Waals surface area (Å²) >= 11 is 0. The van der Waals surface area contributed by atoms with Gasteiger partial charge in [-0.05, 0) is 42.9 Å². The normalized spacial score (nSPS) is 18.3. The molecule has 17 heavy (non-hydrogen) atoms. The van der Waals surface area contributed by atoms with E-state index in [1.54, 1.807) is 12.1 Å². The topological polar surface area (TPSA) is 14.1 Å². The zero-order chi connectivity index (χ0) is 12.3. The Labute approximate surface area is 99.0 Å². The zero-order valence-corrected chi connectivity index (χ0v) is 9.50. The highest BCUT2D eigenvalue weighted by molar-refractivity contribution is 5.24. The van der Waals surface area contributed by atoms with Gasteiger partial charge in [-0.25, -0.2) is 5.32 Å². The van der Waals surface area contributed by atoms with Crippen LogP contribution in [0.4, 0.5) is 13.2 Å². The molecule has 0 bridgehead atoms. The van der Waals surface area contributed by atoms with Crippen molar-refractivity contribution >= 4 is 0 Å². The van der Waals surface area contributed by atoms with Crippen LogP contribution >= 0.6 is 0 Å². The lowest BCUT2D eigenvalue weighted by Gasteiger charge is -2.21. The van der Waals surface area contributed by atoms with Crippen LogP contribution in [-0.2, 0) is 12.6 Å². The fraction of sp³-hybridized carbons (Fsp3) is 0.538. The summed E-state index contributed by atoms with van der Waals surface area (Å²) < 4.78 is 37.1. The lowest BCUT2D eigenvalue weighted by molar-refractivity contribution is -0.137. The second-order valence-corrected chi connectivity index (χ2v) is 4.51. The van der Waals surface area contributed by atoms with Gasteiger partial charge >= 0.3 is 6.18 Å².